The molecule has 2 nitrogen and oxygen atoms in total. The van der Waals surface area contributed by atoms with E-state index in [1.165, 1.54) is 6.08 Å². The van der Waals surface area contributed by atoms with Crippen molar-refractivity contribution in [3.8, 4) is 0 Å². The molecule has 1 unspecified atom stereocenters. The molecule has 17 heavy (non-hydrogen) atoms. The van der Waals surface area contributed by atoms with Crippen LogP contribution in [-0.4, -0.2) is 17.0 Å². The lowest BCUT2D eigenvalue weighted by molar-refractivity contribution is -0.122. The van der Waals surface area contributed by atoms with Crippen LogP contribution < -0.4 is 0 Å². The van der Waals surface area contributed by atoms with Crippen LogP contribution in [0, 0.1) is 0 Å². The summed E-state index contributed by atoms with van der Waals surface area (Å²) in [4.78, 5) is 11.6. The summed E-state index contributed by atoms with van der Waals surface area (Å²) in [7, 11) is 0. The van der Waals surface area contributed by atoms with Crippen LogP contribution >= 0.6 is 0 Å². The molecule has 0 aromatic heterocycles. The Morgan fingerprint density at radius 2 is 2.06 bits per heavy atom. The minimum Gasteiger partial charge on any atom is -0.385 e. The van der Waals surface area contributed by atoms with Crippen LogP contribution in [0.5, 0.6) is 0 Å². The Labute approximate surface area is 103 Å². The Balaban J connectivity index is 2.39. The Hall–Kier alpha value is -1.41. The maximum Gasteiger partial charge on any atom is 0.184 e. The van der Waals surface area contributed by atoms with Crippen LogP contribution in [0.2, 0.25) is 0 Å². The smallest absolute Gasteiger partial charge is 0.184 e. The van der Waals surface area contributed by atoms with Crippen molar-refractivity contribution in [1.29, 1.82) is 0 Å². The molecular weight excluding hydrogens is 212 g/mol. The van der Waals surface area contributed by atoms with E-state index in [1.807, 2.05) is 36.4 Å². The van der Waals surface area contributed by atoms with Crippen molar-refractivity contribution < 1.29 is 9.90 Å². The first-order valence-corrected chi connectivity index (χ1v) is 6.16. The maximum atomic E-state index is 11.6. The molecule has 1 aromatic carbocycles. The van der Waals surface area contributed by atoms with Gasteiger partial charge in [0.15, 0.2) is 5.78 Å². The second-order valence-electron chi connectivity index (χ2n) is 4.15. The second kappa shape index (κ2) is 7.80. The molecule has 0 spiro atoms. The third kappa shape index (κ3) is 5.45. The molecule has 0 bridgehead atoms. The number of hydrogen-bond donors (Lipinski definition) is 1. The number of carbonyl (C=O) groups is 1. The molecule has 0 radical (unpaired) electrons. The highest BCUT2D eigenvalue weighted by molar-refractivity contribution is 5.93. The molecule has 0 fully saturated rings. The minimum absolute atomic E-state index is 0.204. The van der Waals surface area contributed by atoms with E-state index in [9.17, 15) is 9.90 Å². The first-order chi connectivity index (χ1) is 8.24. The molecule has 92 valence electrons. The van der Waals surface area contributed by atoms with Crippen LogP contribution in [0.1, 0.15) is 31.7 Å². The van der Waals surface area contributed by atoms with E-state index in [0.717, 1.165) is 24.8 Å². The van der Waals surface area contributed by atoms with E-state index in [1.54, 1.807) is 0 Å². The number of rotatable bonds is 7. The van der Waals surface area contributed by atoms with E-state index < -0.39 is 6.10 Å². The molecule has 0 aliphatic rings. The van der Waals surface area contributed by atoms with Crippen molar-refractivity contribution in [1.82, 2.24) is 0 Å². The molecule has 1 aromatic rings. The molecule has 0 aliphatic heterocycles. The number of unbranched alkanes of at least 4 members (excludes halogenated alkanes) is 2. The average Bonchev–Trinajstić information content (AvgIpc) is 2.35. The molecule has 0 amide bonds. The molecule has 0 saturated carbocycles. The third-order valence-electron chi connectivity index (χ3n) is 2.61. The summed E-state index contributed by atoms with van der Waals surface area (Å²) < 4.78 is 0. The van der Waals surface area contributed by atoms with Crippen LogP contribution in [0.4, 0.5) is 0 Å². The lowest BCUT2D eigenvalue weighted by Gasteiger charge is -2.06. The molecule has 0 aliphatic carbocycles. The summed E-state index contributed by atoms with van der Waals surface area (Å²) in [6, 6.07) is 9.56. The number of allylic oxidation sites excluding steroid dienone is 1. The van der Waals surface area contributed by atoms with Gasteiger partial charge in [-0.05, 0) is 18.1 Å². The summed E-state index contributed by atoms with van der Waals surface area (Å²) in [6.07, 6.45) is 5.92. The fraction of sp³-hybridized carbons (Fsp3) is 0.400. The topological polar surface area (TPSA) is 37.3 Å². The second-order valence-corrected chi connectivity index (χ2v) is 4.15. The first-order valence-electron chi connectivity index (χ1n) is 6.16. The maximum absolute atomic E-state index is 11.6. The largest absolute Gasteiger partial charge is 0.385 e. The quantitative estimate of drug-likeness (QED) is 0.579. The molecule has 0 saturated heterocycles. The lowest BCUT2D eigenvalue weighted by Crippen LogP contribution is -2.20. The van der Waals surface area contributed by atoms with Gasteiger partial charge in [-0.2, -0.15) is 0 Å². The number of ketones is 1. The summed E-state index contributed by atoms with van der Waals surface area (Å²) >= 11 is 0. The molecule has 1 atom stereocenters. The van der Waals surface area contributed by atoms with Crippen molar-refractivity contribution in [3.05, 3.63) is 48.0 Å². The van der Waals surface area contributed by atoms with Gasteiger partial charge < -0.3 is 5.11 Å². The molecule has 1 N–H and O–H groups in total. The Morgan fingerprint density at radius 3 is 2.71 bits per heavy atom. The van der Waals surface area contributed by atoms with Gasteiger partial charge in [0, 0.05) is 6.42 Å². The Kier molecular flexibility index (Phi) is 6.26. The SMILES string of the molecule is CCCCC=CC(=O)C(O)Cc1ccccc1. The number of aliphatic hydroxyl groups is 1. The van der Waals surface area contributed by atoms with Crippen molar-refractivity contribution in [2.45, 2.75) is 38.7 Å². The predicted octanol–water partition coefficient (Wildman–Crippen LogP) is 2.91. The zero-order valence-electron chi connectivity index (χ0n) is 10.3. The summed E-state index contributed by atoms with van der Waals surface area (Å²) in [5.41, 5.74) is 0.982. The van der Waals surface area contributed by atoms with Gasteiger partial charge in [-0.15, -0.1) is 0 Å². The van der Waals surface area contributed by atoms with Gasteiger partial charge in [0.1, 0.15) is 6.10 Å². The summed E-state index contributed by atoms with van der Waals surface area (Å²) in [5.74, 6) is -0.204. The van der Waals surface area contributed by atoms with Crippen LogP contribution in [0.3, 0.4) is 0 Å². The monoisotopic (exact) mass is 232 g/mol. The van der Waals surface area contributed by atoms with Gasteiger partial charge in [-0.25, -0.2) is 0 Å². The highest BCUT2D eigenvalue weighted by atomic mass is 16.3. The van der Waals surface area contributed by atoms with Gasteiger partial charge in [0.25, 0.3) is 0 Å². The summed E-state index contributed by atoms with van der Waals surface area (Å²) in [6.45, 7) is 2.11. The van der Waals surface area contributed by atoms with E-state index in [-0.39, 0.29) is 5.78 Å². The van der Waals surface area contributed by atoms with E-state index in [0.29, 0.717) is 6.42 Å². The molecule has 0 heterocycles. The highest BCUT2D eigenvalue weighted by Gasteiger charge is 2.11. The zero-order valence-corrected chi connectivity index (χ0v) is 10.3. The van der Waals surface area contributed by atoms with Crippen LogP contribution in [0.15, 0.2) is 42.5 Å². The van der Waals surface area contributed by atoms with Gasteiger partial charge in [0.2, 0.25) is 0 Å². The van der Waals surface area contributed by atoms with Gasteiger partial charge in [-0.3, -0.25) is 4.79 Å². The van der Waals surface area contributed by atoms with Crippen molar-refractivity contribution in [2.24, 2.45) is 0 Å². The minimum atomic E-state index is -0.921. The molecule has 2 heteroatoms. The van der Waals surface area contributed by atoms with E-state index in [4.69, 9.17) is 0 Å². The number of benzene rings is 1. The van der Waals surface area contributed by atoms with E-state index >= 15 is 0 Å². The van der Waals surface area contributed by atoms with E-state index in [2.05, 4.69) is 6.92 Å². The van der Waals surface area contributed by atoms with Gasteiger partial charge in [-0.1, -0.05) is 56.2 Å². The first kappa shape index (κ1) is 13.7. The van der Waals surface area contributed by atoms with Crippen molar-refractivity contribution in [2.75, 3.05) is 0 Å². The summed E-state index contributed by atoms with van der Waals surface area (Å²) in [5, 5.41) is 9.73. The molecular formula is C15H20O2. The highest BCUT2D eigenvalue weighted by Crippen LogP contribution is 2.05. The third-order valence-corrected chi connectivity index (χ3v) is 2.61. The fourth-order valence-corrected chi connectivity index (χ4v) is 1.57. The van der Waals surface area contributed by atoms with Gasteiger partial charge in [0.05, 0.1) is 0 Å². The van der Waals surface area contributed by atoms with Crippen LogP contribution in [-0.2, 0) is 11.2 Å². The number of hydrogen-bond acceptors (Lipinski definition) is 2. The average molecular weight is 232 g/mol. The van der Waals surface area contributed by atoms with Gasteiger partial charge >= 0.3 is 0 Å². The van der Waals surface area contributed by atoms with Crippen molar-refractivity contribution >= 4 is 5.78 Å². The van der Waals surface area contributed by atoms with Crippen molar-refractivity contribution in [3.63, 3.8) is 0 Å². The Bertz CT molecular complexity index is 354. The predicted molar refractivity (Wildman–Crippen MR) is 69.8 cm³/mol. The number of carbonyl (C=O) groups excluding carboxylic acids is 1. The fourth-order valence-electron chi connectivity index (χ4n) is 1.57. The zero-order chi connectivity index (χ0) is 12.5. The standard InChI is InChI=1S/C15H20O2/c1-2-3-4-8-11-14(16)15(17)12-13-9-6-5-7-10-13/h5-11,15,17H,2-4,12H2,1H3. The lowest BCUT2D eigenvalue weighted by atomic mass is 10.0. The van der Waals surface area contributed by atoms with Crippen LogP contribution in [0.25, 0.3) is 0 Å². The normalized spacial score (nSPS) is 12.8. The Morgan fingerprint density at radius 1 is 1.35 bits per heavy atom. The molecule has 1 rings (SSSR count). The number of aliphatic hydroxyl groups excluding tert-OH is 1.